The Labute approximate surface area is 97.5 Å². The first-order valence-corrected chi connectivity index (χ1v) is 5.17. The summed E-state index contributed by atoms with van der Waals surface area (Å²) in [5, 5.41) is 2.62. The summed E-state index contributed by atoms with van der Waals surface area (Å²) in [6, 6.07) is 6.48. The molecule has 0 aliphatic rings. The maximum atomic E-state index is 13.2. The minimum atomic E-state index is -0.348. The molecule has 1 aromatic heterocycles. The Balaban J connectivity index is 1.84. The van der Waals surface area contributed by atoms with E-state index in [1.807, 2.05) is 0 Å². The molecule has 4 nitrogen and oxygen atoms in total. The van der Waals surface area contributed by atoms with Crippen LogP contribution in [0.5, 0.6) is 0 Å². The van der Waals surface area contributed by atoms with Crippen molar-refractivity contribution in [2.24, 2.45) is 0 Å². The number of benzene rings is 1. The van der Waals surface area contributed by atoms with Gasteiger partial charge < -0.3 is 9.73 Å². The number of aromatic nitrogens is 1. The quantitative estimate of drug-likeness (QED) is 0.877. The van der Waals surface area contributed by atoms with Crippen molar-refractivity contribution in [3.05, 3.63) is 54.0 Å². The highest BCUT2D eigenvalue weighted by atomic mass is 19.1. The second kappa shape index (κ2) is 5.25. The summed E-state index contributed by atoms with van der Waals surface area (Å²) in [5.74, 6) is -0.459. The lowest BCUT2D eigenvalue weighted by atomic mass is 10.1. The lowest BCUT2D eigenvalue weighted by molar-refractivity contribution is 0.0926. The first kappa shape index (κ1) is 11.3. The van der Waals surface area contributed by atoms with E-state index in [-0.39, 0.29) is 17.5 Å². The maximum absolute atomic E-state index is 13.2. The SMILES string of the molecule is O=C(NCCc1ccccc1F)c1cnco1. The van der Waals surface area contributed by atoms with Crippen molar-refractivity contribution in [1.82, 2.24) is 10.3 Å². The number of oxazole rings is 1. The molecule has 5 heteroatoms. The van der Waals surface area contributed by atoms with Crippen LogP contribution in [0.25, 0.3) is 0 Å². The lowest BCUT2D eigenvalue weighted by Crippen LogP contribution is -2.25. The summed E-state index contributed by atoms with van der Waals surface area (Å²) in [5.41, 5.74) is 0.574. The van der Waals surface area contributed by atoms with E-state index >= 15 is 0 Å². The molecule has 0 saturated heterocycles. The van der Waals surface area contributed by atoms with Gasteiger partial charge in [0.1, 0.15) is 5.82 Å². The van der Waals surface area contributed by atoms with Crippen molar-refractivity contribution in [3.8, 4) is 0 Å². The van der Waals surface area contributed by atoms with Gasteiger partial charge in [0.15, 0.2) is 6.39 Å². The van der Waals surface area contributed by atoms with Crippen LogP contribution in [-0.2, 0) is 6.42 Å². The van der Waals surface area contributed by atoms with Gasteiger partial charge in [-0.2, -0.15) is 0 Å². The van der Waals surface area contributed by atoms with Crippen molar-refractivity contribution in [1.29, 1.82) is 0 Å². The summed E-state index contributed by atoms with van der Waals surface area (Å²) in [6.07, 6.45) is 2.96. The highest BCUT2D eigenvalue weighted by Crippen LogP contribution is 2.06. The molecule has 0 saturated carbocycles. The molecular formula is C12H11FN2O2. The predicted octanol–water partition coefficient (Wildman–Crippen LogP) is 1.79. The van der Waals surface area contributed by atoms with Gasteiger partial charge in [-0.25, -0.2) is 9.37 Å². The fourth-order valence-corrected chi connectivity index (χ4v) is 1.43. The van der Waals surface area contributed by atoms with Crippen molar-refractivity contribution < 1.29 is 13.6 Å². The zero-order valence-corrected chi connectivity index (χ0v) is 9.02. The van der Waals surface area contributed by atoms with Crippen LogP contribution >= 0.6 is 0 Å². The molecular weight excluding hydrogens is 223 g/mol. The van der Waals surface area contributed by atoms with Crippen molar-refractivity contribution >= 4 is 5.91 Å². The van der Waals surface area contributed by atoms with Crippen LogP contribution in [0, 0.1) is 5.82 Å². The molecule has 1 N–H and O–H groups in total. The zero-order valence-electron chi connectivity index (χ0n) is 9.02. The van der Waals surface area contributed by atoms with Crippen molar-refractivity contribution in [2.75, 3.05) is 6.54 Å². The van der Waals surface area contributed by atoms with E-state index < -0.39 is 0 Å². The summed E-state index contributed by atoms with van der Waals surface area (Å²) < 4.78 is 18.1. The third-order valence-corrected chi connectivity index (χ3v) is 2.29. The molecule has 0 radical (unpaired) electrons. The minimum Gasteiger partial charge on any atom is -0.438 e. The molecule has 2 aromatic rings. The van der Waals surface area contributed by atoms with E-state index in [0.29, 0.717) is 18.5 Å². The van der Waals surface area contributed by atoms with E-state index in [1.54, 1.807) is 18.2 Å². The molecule has 0 atom stereocenters. The van der Waals surface area contributed by atoms with Crippen LogP contribution in [0.3, 0.4) is 0 Å². The molecule has 88 valence electrons. The van der Waals surface area contributed by atoms with Gasteiger partial charge in [-0.3, -0.25) is 4.79 Å². The van der Waals surface area contributed by atoms with Gasteiger partial charge in [0.05, 0.1) is 6.20 Å². The Kier molecular flexibility index (Phi) is 3.49. The standard InChI is InChI=1S/C12H11FN2O2/c13-10-4-2-1-3-9(10)5-6-15-12(16)11-7-14-8-17-11/h1-4,7-8H,5-6H2,(H,15,16). The van der Waals surface area contributed by atoms with E-state index in [4.69, 9.17) is 4.42 Å². The first-order valence-electron chi connectivity index (χ1n) is 5.17. The molecule has 1 heterocycles. The fourth-order valence-electron chi connectivity index (χ4n) is 1.43. The van der Waals surface area contributed by atoms with Crippen LogP contribution < -0.4 is 5.32 Å². The number of carbonyl (C=O) groups is 1. The average Bonchev–Trinajstić information content (AvgIpc) is 2.85. The van der Waals surface area contributed by atoms with E-state index in [0.717, 1.165) is 0 Å². The topological polar surface area (TPSA) is 55.1 Å². The Bertz CT molecular complexity index is 497. The molecule has 0 aliphatic heterocycles. The van der Waals surface area contributed by atoms with Gasteiger partial charge in [0, 0.05) is 6.54 Å². The van der Waals surface area contributed by atoms with Gasteiger partial charge >= 0.3 is 0 Å². The summed E-state index contributed by atoms with van der Waals surface area (Å²) >= 11 is 0. The van der Waals surface area contributed by atoms with Gasteiger partial charge in [0.25, 0.3) is 5.91 Å². The van der Waals surface area contributed by atoms with E-state index in [2.05, 4.69) is 10.3 Å². The molecule has 1 amide bonds. The number of hydrogen-bond donors (Lipinski definition) is 1. The Morgan fingerprint density at radius 2 is 2.24 bits per heavy atom. The van der Waals surface area contributed by atoms with Crippen molar-refractivity contribution in [3.63, 3.8) is 0 Å². The number of nitrogens with zero attached hydrogens (tertiary/aromatic N) is 1. The second-order valence-electron chi connectivity index (χ2n) is 3.46. The predicted molar refractivity (Wildman–Crippen MR) is 58.9 cm³/mol. The highest BCUT2D eigenvalue weighted by molar-refractivity contribution is 5.90. The van der Waals surface area contributed by atoms with Gasteiger partial charge in [-0.1, -0.05) is 18.2 Å². The van der Waals surface area contributed by atoms with Gasteiger partial charge in [-0.15, -0.1) is 0 Å². The second-order valence-corrected chi connectivity index (χ2v) is 3.46. The molecule has 0 bridgehead atoms. The van der Waals surface area contributed by atoms with Crippen molar-refractivity contribution in [2.45, 2.75) is 6.42 Å². The normalized spacial score (nSPS) is 10.2. The molecule has 2 rings (SSSR count). The Morgan fingerprint density at radius 3 is 2.94 bits per heavy atom. The average molecular weight is 234 g/mol. The number of hydrogen-bond acceptors (Lipinski definition) is 3. The van der Waals surface area contributed by atoms with Crippen LogP contribution in [0.2, 0.25) is 0 Å². The number of amides is 1. The Hall–Kier alpha value is -2.17. The molecule has 0 fully saturated rings. The smallest absolute Gasteiger partial charge is 0.288 e. The summed E-state index contributed by atoms with van der Waals surface area (Å²) in [7, 11) is 0. The number of rotatable bonds is 4. The van der Waals surface area contributed by atoms with Crippen LogP contribution in [-0.4, -0.2) is 17.4 Å². The maximum Gasteiger partial charge on any atom is 0.288 e. The largest absolute Gasteiger partial charge is 0.438 e. The van der Waals surface area contributed by atoms with Gasteiger partial charge in [-0.05, 0) is 18.1 Å². The van der Waals surface area contributed by atoms with E-state index in [1.165, 1.54) is 18.7 Å². The fraction of sp³-hybridized carbons (Fsp3) is 0.167. The third kappa shape index (κ3) is 2.90. The molecule has 0 aliphatic carbocycles. The monoisotopic (exact) mass is 234 g/mol. The molecule has 0 unspecified atom stereocenters. The third-order valence-electron chi connectivity index (χ3n) is 2.29. The van der Waals surface area contributed by atoms with E-state index in [9.17, 15) is 9.18 Å². The van der Waals surface area contributed by atoms with Gasteiger partial charge in [0.2, 0.25) is 5.76 Å². The molecule has 0 spiro atoms. The minimum absolute atomic E-state index is 0.151. The van der Waals surface area contributed by atoms with Crippen LogP contribution in [0.15, 0.2) is 41.3 Å². The first-order chi connectivity index (χ1) is 8.27. The summed E-state index contributed by atoms with van der Waals surface area (Å²) in [6.45, 7) is 0.348. The summed E-state index contributed by atoms with van der Waals surface area (Å²) in [4.78, 5) is 15.1. The lowest BCUT2D eigenvalue weighted by Gasteiger charge is -2.04. The van der Waals surface area contributed by atoms with Crippen LogP contribution in [0.4, 0.5) is 4.39 Å². The molecule has 1 aromatic carbocycles. The number of halogens is 1. The van der Waals surface area contributed by atoms with Crippen LogP contribution in [0.1, 0.15) is 16.1 Å². The number of nitrogens with one attached hydrogen (secondary N) is 1. The highest BCUT2D eigenvalue weighted by Gasteiger charge is 2.08. The zero-order chi connectivity index (χ0) is 12.1. The Morgan fingerprint density at radius 1 is 1.41 bits per heavy atom. The molecule has 17 heavy (non-hydrogen) atoms. The number of carbonyl (C=O) groups excluding carboxylic acids is 1.